The summed E-state index contributed by atoms with van der Waals surface area (Å²) < 4.78 is -0.182. The fraction of sp³-hybridized carbons (Fsp3) is 1.00. The third-order valence-electron chi connectivity index (χ3n) is 2.13. The Morgan fingerprint density at radius 2 is 1.25 bits per heavy atom. The maximum Gasteiger partial charge on any atom is 0.110 e. The molecule has 0 amide bonds. The zero-order valence-corrected chi connectivity index (χ0v) is 11.5. The van der Waals surface area contributed by atoms with Gasteiger partial charge in [0.2, 0.25) is 0 Å². The molecule has 0 heterocycles. The molecule has 0 bridgehead atoms. The van der Waals surface area contributed by atoms with Gasteiger partial charge in [0.1, 0.15) is 18.3 Å². The monoisotopic (exact) mass is 270 g/mol. The SMILES string of the molecule is CCSC(SCC)C(O)C(O)C(O)C(C)O. The lowest BCUT2D eigenvalue weighted by atomic mass is 10.1. The van der Waals surface area contributed by atoms with E-state index >= 15 is 0 Å². The van der Waals surface area contributed by atoms with Crippen LogP contribution in [0.25, 0.3) is 0 Å². The van der Waals surface area contributed by atoms with Crippen molar-refractivity contribution in [1.29, 1.82) is 0 Å². The summed E-state index contributed by atoms with van der Waals surface area (Å²) in [7, 11) is 0. The molecule has 0 aliphatic rings. The Balaban J connectivity index is 4.40. The van der Waals surface area contributed by atoms with E-state index in [0.717, 1.165) is 11.5 Å². The lowest BCUT2D eigenvalue weighted by Crippen LogP contribution is -2.46. The van der Waals surface area contributed by atoms with Gasteiger partial charge in [0, 0.05) is 0 Å². The van der Waals surface area contributed by atoms with Crippen molar-refractivity contribution in [3.63, 3.8) is 0 Å². The minimum atomic E-state index is -1.32. The number of rotatable bonds is 8. The Hall–Kier alpha value is 0.540. The minimum absolute atomic E-state index is 0.182. The summed E-state index contributed by atoms with van der Waals surface area (Å²) in [6, 6.07) is 0. The van der Waals surface area contributed by atoms with Crippen molar-refractivity contribution in [2.75, 3.05) is 11.5 Å². The molecule has 4 unspecified atom stereocenters. The van der Waals surface area contributed by atoms with Gasteiger partial charge in [-0.25, -0.2) is 0 Å². The Labute approximate surface area is 105 Å². The first-order valence-corrected chi connectivity index (χ1v) is 7.50. The Morgan fingerprint density at radius 1 is 0.812 bits per heavy atom. The van der Waals surface area contributed by atoms with Crippen LogP contribution in [0.15, 0.2) is 0 Å². The molecule has 0 aromatic rings. The molecule has 0 aliphatic heterocycles. The molecule has 0 rings (SSSR count). The van der Waals surface area contributed by atoms with E-state index in [2.05, 4.69) is 0 Å². The van der Waals surface area contributed by atoms with E-state index in [1.54, 1.807) is 0 Å². The van der Waals surface area contributed by atoms with E-state index in [1.807, 2.05) is 13.8 Å². The number of hydrogen-bond donors (Lipinski definition) is 4. The van der Waals surface area contributed by atoms with Crippen molar-refractivity contribution in [1.82, 2.24) is 0 Å². The maximum absolute atomic E-state index is 9.90. The van der Waals surface area contributed by atoms with Gasteiger partial charge < -0.3 is 20.4 Å². The van der Waals surface area contributed by atoms with Crippen molar-refractivity contribution in [2.45, 2.75) is 49.8 Å². The van der Waals surface area contributed by atoms with Crippen LogP contribution in [0.1, 0.15) is 20.8 Å². The second-order valence-electron chi connectivity index (χ2n) is 3.49. The van der Waals surface area contributed by atoms with Crippen LogP contribution >= 0.6 is 23.5 Å². The van der Waals surface area contributed by atoms with Crippen LogP contribution in [0, 0.1) is 0 Å². The molecule has 98 valence electrons. The summed E-state index contributed by atoms with van der Waals surface area (Å²) in [6.45, 7) is 5.33. The van der Waals surface area contributed by atoms with Gasteiger partial charge in [-0.05, 0) is 18.4 Å². The molecule has 4 nitrogen and oxygen atoms in total. The molecule has 6 heteroatoms. The van der Waals surface area contributed by atoms with Crippen molar-refractivity contribution >= 4 is 23.5 Å². The van der Waals surface area contributed by atoms with Crippen LogP contribution in [-0.2, 0) is 0 Å². The largest absolute Gasteiger partial charge is 0.391 e. The molecule has 4 N–H and O–H groups in total. The normalized spacial score (nSPS) is 19.5. The van der Waals surface area contributed by atoms with E-state index < -0.39 is 24.4 Å². The Bertz CT molecular complexity index is 172. The smallest absolute Gasteiger partial charge is 0.110 e. The van der Waals surface area contributed by atoms with Crippen LogP contribution < -0.4 is 0 Å². The number of aliphatic hydroxyl groups excluding tert-OH is 4. The zero-order valence-electron chi connectivity index (χ0n) is 9.91. The zero-order chi connectivity index (χ0) is 12.7. The van der Waals surface area contributed by atoms with E-state index in [-0.39, 0.29) is 4.58 Å². The molecule has 0 saturated heterocycles. The molecule has 16 heavy (non-hydrogen) atoms. The lowest BCUT2D eigenvalue weighted by molar-refractivity contribution is -0.0952. The van der Waals surface area contributed by atoms with Crippen LogP contribution in [0.5, 0.6) is 0 Å². The van der Waals surface area contributed by atoms with E-state index in [9.17, 15) is 15.3 Å². The molecule has 0 aromatic carbocycles. The number of hydrogen-bond acceptors (Lipinski definition) is 6. The summed E-state index contributed by atoms with van der Waals surface area (Å²) >= 11 is 3.05. The minimum Gasteiger partial charge on any atom is -0.391 e. The molecule has 0 spiro atoms. The highest BCUT2D eigenvalue weighted by Gasteiger charge is 2.33. The first-order valence-electron chi connectivity index (χ1n) is 5.41. The Morgan fingerprint density at radius 3 is 1.56 bits per heavy atom. The quantitative estimate of drug-likeness (QED) is 0.475. The molecular formula is C10H22O4S2. The second-order valence-corrected chi connectivity index (χ2v) is 6.63. The fourth-order valence-corrected chi connectivity index (χ4v) is 3.80. The van der Waals surface area contributed by atoms with Gasteiger partial charge in [-0.15, -0.1) is 23.5 Å². The van der Waals surface area contributed by atoms with Crippen LogP contribution in [0.2, 0.25) is 0 Å². The van der Waals surface area contributed by atoms with Gasteiger partial charge in [-0.1, -0.05) is 13.8 Å². The van der Waals surface area contributed by atoms with Crippen LogP contribution in [0.4, 0.5) is 0 Å². The van der Waals surface area contributed by atoms with Crippen molar-refractivity contribution in [3.8, 4) is 0 Å². The molecule has 0 aromatic heterocycles. The maximum atomic E-state index is 9.90. The molecule has 0 saturated carbocycles. The standard InChI is InChI=1S/C10H22O4S2/c1-4-15-10(16-5-2)9(14)8(13)7(12)6(3)11/h6-14H,4-5H2,1-3H3. The average molecular weight is 270 g/mol. The van der Waals surface area contributed by atoms with E-state index in [1.165, 1.54) is 30.4 Å². The molecule has 0 radical (unpaired) electrons. The lowest BCUT2D eigenvalue weighted by Gasteiger charge is -2.29. The second kappa shape index (κ2) is 8.60. The third-order valence-corrected chi connectivity index (χ3v) is 4.83. The van der Waals surface area contributed by atoms with Gasteiger partial charge in [-0.2, -0.15) is 0 Å². The highest BCUT2D eigenvalue weighted by molar-refractivity contribution is 8.17. The first-order chi connectivity index (χ1) is 7.45. The van der Waals surface area contributed by atoms with E-state index in [0.29, 0.717) is 0 Å². The third kappa shape index (κ3) is 5.25. The van der Waals surface area contributed by atoms with Gasteiger partial charge in [0.25, 0.3) is 0 Å². The molecule has 0 aliphatic carbocycles. The predicted molar refractivity (Wildman–Crippen MR) is 69.8 cm³/mol. The van der Waals surface area contributed by atoms with E-state index in [4.69, 9.17) is 5.11 Å². The predicted octanol–water partition coefficient (Wildman–Crippen LogP) is 0.282. The highest BCUT2D eigenvalue weighted by Crippen LogP contribution is 2.29. The Kier molecular flexibility index (Phi) is 8.90. The van der Waals surface area contributed by atoms with Crippen LogP contribution in [-0.4, -0.2) is 60.9 Å². The van der Waals surface area contributed by atoms with Gasteiger partial charge >= 0.3 is 0 Å². The highest BCUT2D eigenvalue weighted by atomic mass is 32.2. The number of thioether (sulfide) groups is 2. The molecule has 4 atom stereocenters. The van der Waals surface area contributed by atoms with Crippen molar-refractivity contribution < 1.29 is 20.4 Å². The molecular weight excluding hydrogens is 248 g/mol. The van der Waals surface area contributed by atoms with Crippen molar-refractivity contribution in [3.05, 3.63) is 0 Å². The summed E-state index contributed by atoms with van der Waals surface area (Å²) in [5.41, 5.74) is 0. The van der Waals surface area contributed by atoms with Gasteiger partial charge in [0.05, 0.1) is 10.7 Å². The van der Waals surface area contributed by atoms with Crippen molar-refractivity contribution in [2.24, 2.45) is 0 Å². The average Bonchev–Trinajstić information content (AvgIpc) is 2.25. The summed E-state index contributed by atoms with van der Waals surface area (Å²) in [5, 5.41) is 38.2. The fourth-order valence-electron chi connectivity index (χ4n) is 1.22. The van der Waals surface area contributed by atoms with Gasteiger partial charge in [-0.3, -0.25) is 0 Å². The summed E-state index contributed by atoms with van der Waals surface area (Å²) in [5.74, 6) is 1.65. The molecule has 0 fully saturated rings. The summed E-state index contributed by atoms with van der Waals surface area (Å²) in [4.78, 5) is 0. The van der Waals surface area contributed by atoms with Crippen LogP contribution in [0.3, 0.4) is 0 Å². The number of aliphatic hydroxyl groups is 4. The van der Waals surface area contributed by atoms with Gasteiger partial charge in [0.15, 0.2) is 0 Å². The first kappa shape index (κ1) is 16.5. The topological polar surface area (TPSA) is 80.9 Å². The summed E-state index contributed by atoms with van der Waals surface area (Å²) in [6.07, 6.45) is -4.72.